The molecule has 1 fully saturated rings. The Morgan fingerprint density at radius 1 is 1.29 bits per heavy atom. The van der Waals surface area contributed by atoms with E-state index in [4.69, 9.17) is 4.74 Å². The molecule has 1 aliphatic rings. The van der Waals surface area contributed by atoms with Crippen LogP contribution >= 0.6 is 0 Å². The third-order valence-electron chi connectivity index (χ3n) is 3.48. The topological polar surface area (TPSA) is 32.7 Å². The van der Waals surface area contributed by atoms with Gasteiger partial charge in [-0.05, 0) is 38.4 Å². The molecular formula is C14H21NO2. The molecule has 3 nitrogen and oxygen atoms in total. The highest BCUT2D eigenvalue weighted by molar-refractivity contribution is 5.36. The summed E-state index contributed by atoms with van der Waals surface area (Å²) >= 11 is 0. The van der Waals surface area contributed by atoms with Gasteiger partial charge in [-0.2, -0.15) is 0 Å². The summed E-state index contributed by atoms with van der Waals surface area (Å²) in [6.45, 7) is 2.48. The molecule has 1 unspecified atom stereocenters. The number of nitrogens with zero attached hydrogens (tertiary/aromatic N) is 1. The molecule has 1 saturated heterocycles. The summed E-state index contributed by atoms with van der Waals surface area (Å²) < 4.78 is 5.42. The minimum atomic E-state index is 0.221. The maximum absolute atomic E-state index is 9.25. The van der Waals surface area contributed by atoms with Crippen molar-refractivity contribution in [1.29, 1.82) is 0 Å². The van der Waals surface area contributed by atoms with Crippen molar-refractivity contribution < 1.29 is 9.84 Å². The lowest BCUT2D eigenvalue weighted by Crippen LogP contribution is -2.26. The van der Waals surface area contributed by atoms with Crippen molar-refractivity contribution in [2.75, 3.05) is 26.8 Å². The van der Waals surface area contributed by atoms with Gasteiger partial charge < -0.3 is 9.84 Å². The summed E-state index contributed by atoms with van der Waals surface area (Å²) in [5, 5.41) is 9.25. The first-order chi connectivity index (χ1) is 8.36. The number of ether oxygens (including phenoxy) is 1. The molecule has 0 spiro atoms. The molecule has 2 rings (SSSR count). The predicted molar refractivity (Wildman–Crippen MR) is 68.2 cm³/mol. The van der Waals surface area contributed by atoms with E-state index in [1.807, 2.05) is 18.2 Å². The Hall–Kier alpha value is -1.06. The van der Waals surface area contributed by atoms with Gasteiger partial charge in [0.15, 0.2) is 0 Å². The molecule has 94 valence electrons. The third-order valence-corrected chi connectivity index (χ3v) is 3.48. The van der Waals surface area contributed by atoms with E-state index >= 15 is 0 Å². The monoisotopic (exact) mass is 235 g/mol. The average molecular weight is 235 g/mol. The second-order valence-electron chi connectivity index (χ2n) is 4.51. The van der Waals surface area contributed by atoms with Crippen LogP contribution < -0.4 is 4.74 Å². The van der Waals surface area contributed by atoms with Crippen molar-refractivity contribution >= 4 is 0 Å². The highest BCUT2D eigenvalue weighted by atomic mass is 16.5. The zero-order valence-corrected chi connectivity index (χ0v) is 10.4. The van der Waals surface area contributed by atoms with Crippen molar-refractivity contribution in [3.8, 4) is 5.75 Å². The smallest absolute Gasteiger partial charge is 0.123 e. The second kappa shape index (κ2) is 6.03. The molecule has 0 bridgehead atoms. The van der Waals surface area contributed by atoms with Crippen LogP contribution in [0.2, 0.25) is 0 Å². The Morgan fingerprint density at radius 2 is 2.00 bits per heavy atom. The Kier molecular flexibility index (Phi) is 4.40. The van der Waals surface area contributed by atoms with E-state index in [1.54, 1.807) is 7.11 Å². The lowest BCUT2D eigenvalue weighted by atomic mass is 10.0. The van der Waals surface area contributed by atoms with Crippen molar-refractivity contribution in [3.63, 3.8) is 0 Å². The first-order valence-electron chi connectivity index (χ1n) is 6.34. The van der Waals surface area contributed by atoms with E-state index in [-0.39, 0.29) is 6.61 Å². The third kappa shape index (κ3) is 2.79. The van der Waals surface area contributed by atoms with Crippen molar-refractivity contribution in [1.82, 2.24) is 4.90 Å². The number of aliphatic hydroxyl groups excluding tert-OH is 1. The van der Waals surface area contributed by atoms with Crippen molar-refractivity contribution in [3.05, 3.63) is 29.8 Å². The maximum Gasteiger partial charge on any atom is 0.123 e. The molecule has 0 amide bonds. The summed E-state index contributed by atoms with van der Waals surface area (Å²) in [5.74, 6) is 0.929. The summed E-state index contributed by atoms with van der Waals surface area (Å²) in [5.41, 5.74) is 1.20. The second-order valence-corrected chi connectivity index (χ2v) is 4.51. The van der Waals surface area contributed by atoms with Gasteiger partial charge in [0.1, 0.15) is 5.75 Å². The molecule has 1 heterocycles. The molecule has 1 N–H and O–H groups in total. The van der Waals surface area contributed by atoms with Crippen LogP contribution in [0.1, 0.15) is 30.9 Å². The minimum absolute atomic E-state index is 0.221. The number of benzene rings is 1. The van der Waals surface area contributed by atoms with Crippen molar-refractivity contribution in [2.24, 2.45) is 0 Å². The van der Waals surface area contributed by atoms with Gasteiger partial charge in [0, 0.05) is 18.2 Å². The van der Waals surface area contributed by atoms with E-state index < -0.39 is 0 Å². The van der Waals surface area contributed by atoms with E-state index in [0.717, 1.165) is 25.3 Å². The summed E-state index contributed by atoms with van der Waals surface area (Å²) in [6.07, 6.45) is 3.30. The van der Waals surface area contributed by atoms with E-state index in [1.165, 1.54) is 18.4 Å². The van der Waals surface area contributed by atoms with Crippen molar-refractivity contribution in [2.45, 2.75) is 25.3 Å². The van der Waals surface area contributed by atoms with Gasteiger partial charge in [0.2, 0.25) is 0 Å². The molecule has 0 aliphatic carbocycles. The zero-order valence-electron chi connectivity index (χ0n) is 10.4. The summed E-state index contributed by atoms with van der Waals surface area (Å²) in [6, 6.07) is 8.42. The SMILES string of the molecule is COc1ccccc1C(CCO)N1CCCC1. The number of methoxy groups -OCH3 is 1. The molecule has 1 aliphatic heterocycles. The van der Waals surface area contributed by atoms with Crippen LogP contribution in [0.3, 0.4) is 0 Å². The minimum Gasteiger partial charge on any atom is -0.496 e. The molecular weight excluding hydrogens is 214 g/mol. The number of rotatable bonds is 5. The predicted octanol–water partition coefficient (Wildman–Crippen LogP) is 2.21. The van der Waals surface area contributed by atoms with Gasteiger partial charge in [-0.15, -0.1) is 0 Å². The quantitative estimate of drug-likeness (QED) is 0.849. The Morgan fingerprint density at radius 3 is 2.65 bits per heavy atom. The van der Waals surface area contributed by atoms with Crippen LogP contribution in [0.5, 0.6) is 5.75 Å². The lowest BCUT2D eigenvalue weighted by Gasteiger charge is -2.28. The van der Waals surface area contributed by atoms with Gasteiger partial charge in [-0.1, -0.05) is 18.2 Å². The number of aliphatic hydroxyl groups is 1. The number of para-hydroxylation sites is 1. The van der Waals surface area contributed by atoms with E-state index in [2.05, 4.69) is 11.0 Å². The Labute approximate surface area is 103 Å². The van der Waals surface area contributed by atoms with Crippen LogP contribution in [-0.4, -0.2) is 36.8 Å². The molecule has 0 aromatic heterocycles. The lowest BCUT2D eigenvalue weighted by molar-refractivity contribution is 0.182. The molecule has 0 radical (unpaired) electrons. The Balaban J connectivity index is 2.24. The van der Waals surface area contributed by atoms with Gasteiger partial charge in [0.05, 0.1) is 7.11 Å². The molecule has 1 aromatic rings. The normalized spacial score (nSPS) is 18.2. The van der Waals surface area contributed by atoms with Gasteiger partial charge in [-0.3, -0.25) is 4.90 Å². The Bertz CT molecular complexity index is 348. The van der Waals surface area contributed by atoms with E-state index in [0.29, 0.717) is 6.04 Å². The standard InChI is InChI=1S/C14H21NO2/c1-17-14-7-3-2-6-12(14)13(8-11-16)15-9-4-5-10-15/h2-3,6-7,13,16H,4-5,8-11H2,1H3. The van der Waals surface area contributed by atoms with Crippen LogP contribution in [0.4, 0.5) is 0 Å². The fourth-order valence-corrected chi connectivity index (χ4v) is 2.65. The zero-order chi connectivity index (χ0) is 12.1. The van der Waals surface area contributed by atoms with Gasteiger partial charge in [0.25, 0.3) is 0 Å². The first kappa shape index (κ1) is 12.4. The van der Waals surface area contributed by atoms with Crippen LogP contribution in [0.15, 0.2) is 24.3 Å². The molecule has 17 heavy (non-hydrogen) atoms. The van der Waals surface area contributed by atoms with E-state index in [9.17, 15) is 5.11 Å². The number of hydrogen-bond acceptors (Lipinski definition) is 3. The fraction of sp³-hybridized carbons (Fsp3) is 0.571. The summed E-state index contributed by atoms with van der Waals surface area (Å²) in [4.78, 5) is 2.45. The average Bonchev–Trinajstić information content (AvgIpc) is 2.89. The highest BCUT2D eigenvalue weighted by Crippen LogP contribution is 2.33. The van der Waals surface area contributed by atoms with Crippen LogP contribution in [0, 0.1) is 0 Å². The summed E-state index contributed by atoms with van der Waals surface area (Å²) in [7, 11) is 1.71. The van der Waals surface area contributed by atoms with Crippen LogP contribution in [0.25, 0.3) is 0 Å². The number of hydrogen-bond donors (Lipinski definition) is 1. The maximum atomic E-state index is 9.25. The molecule has 1 aromatic carbocycles. The van der Waals surface area contributed by atoms with Gasteiger partial charge >= 0.3 is 0 Å². The fourth-order valence-electron chi connectivity index (χ4n) is 2.65. The van der Waals surface area contributed by atoms with Gasteiger partial charge in [-0.25, -0.2) is 0 Å². The number of likely N-dealkylation sites (tertiary alicyclic amines) is 1. The highest BCUT2D eigenvalue weighted by Gasteiger charge is 2.24. The molecule has 3 heteroatoms. The first-order valence-corrected chi connectivity index (χ1v) is 6.34. The largest absolute Gasteiger partial charge is 0.496 e. The molecule has 1 atom stereocenters. The van der Waals surface area contributed by atoms with Crippen LogP contribution in [-0.2, 0) is 0 Å². The molecule has 0 saturated carbocycles.